The number of carbonyl (C=O) groups is 1. The minimum atomic E-state index is -0.444. The lowest BCUT2D eigenvalue weighted by atomic mass is 9.96. The number of rotatable bonds is 7. The number of primary amides is 1. The average Bonchev–Trinajstić information content (AvgIpc) is 3.08. The Morgan fingerprint density at radius 2 is 2.06 bits per heavy atom. The fraction of sp³-hybridized carbons (Fsp3) is 0.929. The van der Waals surface area contributed by atoms with E-state index in [2.05, 4.69) is 17.1 Å². The first-order valence-electron chi connectivity index (χ1n) is 7.43. The highest BCUT2D eigenvalue weighted by molar-refractivity contribution is 5.85. The van der Waals surface area contributed by atoms with Crippen LogP contribution in [0.3, 0.4) is 0 Å². The van der Waals surface area contributed by atoms with Crippen LogP contribution >= 0.6 is 0 Å². The number of hydrogen-bond donors (Lipinski definition) is 2. The maximum absolute atomic E-state index is 11.8. The fourth-order valence-electron chi connectivity index (χ4n) is 3.44. The molecule has 0 aromatic heterocycles. The van der Waals surface area contributed by atoms with Gasteiger partial charge in [-0.15, -0.1) is 0 Å². The third-order valence-corrected chi connectivity index (χ3v) is 4.44. The summed E-state index contributed by atoms with van der Waals surface area (Å²) in [5, 5.41) is 3.34. The summed E-state index contributed by atoms with van der Waals surface area (Å²) in [6, 6.07) is 1.32. The van der Waals surface area contributed by atoms with Gasteiger partial charge in [-0.05, 0) is 51.6 Å². The second-order valence-corrected chi connectivity index (χ2v) is 5.84. The first-order valence-corrected chi connectivity index (χ1v) is 7.43. The molecule has 1 amide bonds. The molecule has 3 N–H and O–H groups in total. The van der Waals surface area contributed by atoms with E-state index in [0.717, 1.165) is 38.4 Å². The molecule has 0 spiro atoms. The second kappa shape index (κ2) is 5.57. The van der Waals surface area contributed by atoms with Gasteiger partial charge in [-0.3, -0.25) is 9.69 Å². The monoisotopic (exact) mass is 253 g/mol. The minimum absolute atomic E-state index is 0.168. The average molecular weight is 253 g/mol. The van der Waals surface area contributed by atoms with Crippen molar-refractivity contribution in [1.82, 2.24) is 10.2 Å². The number of nitrogens with zero attached hydrogens (tertiary/aromatic N) is 1. The Morgan fingerprint density at radius 1 is 1.33 bits per heavy atom. The van der Waals surface area contributed by atoms with Gasteiger partial charge in [0.1, 0.15) is 0 Å². The summed E-state index contributed by atoms with van der Waals surface area (Å²) in [6.07, 6.45) is 6.76. The Kier molecular flexibility index (Phi) is 4.28. The maximum Gasteiger partial charge on any atom is 0.237 e. The number of nitrogens with two attached hydrogens (primary N) is 1. The van der Waals surface area contributed by atoms with E-state index in [1.54, 1.807) is 0 Å². The number of amides is 1. The highest BCUT2D eigenvalue weighted by Crippen LogP contribution is 2.38. The molecule has 2 aliphatic rings. The van der Waals surface area contributed by atoms with E-state index in [1.807, 2.05) is 6.92 Å². The summed E-state index contributed by atoms with van der Waals surface area (Å²) in [6.45, 7) is 6.25. The third kappa shape index (κ3) is 2.69. The van der Waals surface area contributed by atoms with Crippen molar-refractivity contribution in [2.24, 2.45) is 5.73 Å². The summed E-state index contributed by atoms with van der Waals surface area (Å²) >= 11 is 0. The lowest BCUT2D eigenvalue weighted by Crippen LogP contribution is -2.54. The van der Waals surface area contributed by atoms with Crippen LogP contribution in [-0.2, 0) is 4.79 Å². The summed E-state index contributed by atoms with van der Waals surface area (Å²) in [4.78, 5) is 14.4. The largest absolute Gasteiger partial charge is 0.368 e. The van der Waals surface area contributed by atoms with Crippen LogP contribution in [0.15, 0.2) is 0 Å². The first-order chi connectivity index (χ1) is 8.63. The van der Waals surface area contributed by atoms with Gasteiger partial charge in [-0.2, -0.15) is 0 Å². The van der Waals surface area contributed by atoms with Crippen LogP contribution in [0, 0.1) is 0 Å². The Balaban J connectivity index is 2.02. The number of likely N-dealkylation sites (N-methyl/N-ethyl adjacent to an activating group) is 1. The molecule has 4 nitrogen and oxygen atoms in total. The fourth-order valence-corrected chi connectivity index (χ4v) is 3.44. The number of nitrogens with one attached hydrogen (secondary N) is 1. The summed E-state index contributed by atoms with van der Waals surface area (Å²) in [5.74, 6) is -0.168. The molecule has 0 aromatic carbocycles. The van der Waals surface area contributed by atoms with Gasteiger partial charge >= 0.3 is 0 Å². The SMILES string of the molecule is CCCN(C1CC1)C1CCC(NCC)(C(N)=O)C1. The van der Waals surface area contributed by atoms with E-state index in [0.29, 0.717) is 6.04 Å². The van der Waals surface area contributed by atoms with Crippen molar-refractivity contribution >= 4 is 5.91 Å². The predicted molar refractivity (Wildman–Crippen MR) is 73.3 cm³/mol. The van der Waals surface area contributed by atoms with Gasteiger partial charge in [-0.25, -0.2) is 0 Å². The van der Waals surface area contributed by atoms with Crippen LogP contribution in [0.5, 0.6) is 0 Å². The highest BCUT2D eigenvalue weighted by atomic mass is 16.1. The molecular weight excluding hydrogens is 226 g/mol. The van der Waals surface area contributed by atoms with Crippen LogP contribution in [0.4, 0.5) is 0 Å². The van der Waals surface area contributed by atoms with Gasteiger partial charge < -0.3 is 11.1 Å². The van der Waals surface area contributed by atoms with E-state index >= 15 is 0 Å². The molecule has 2 rings (SSSR count). The van der Waals surface area contributed by atoms with Gasteiger partial charge in [0.25, 0.3) is 0 Å². The van der Waals surface area contributed by atoms with E-state index in [9.17, 15) is 4.79 Å². The van der Waals surface area contributed by atoms with Crippen LogP contribution in [0.1, 0.15) is 52.4 Å². The molecule has 0 bridgehead atoms. The van der Waals surface area contributed by atoms with E-state index in [1.165, 1.54) is 19.3 Å². The molecule has 0 aliphatic heterocycles. The highest BCUT2D eigenvalue weighted by Gasteiger charge is 2.47. The lowest BCUT2D eigenvalue weighted by Gasteiger charge is -2.31. The third-order valence-electron chi connectivity index (χ3n) is 4.44. The molecule has 2 atom stereocenters. The minimum Gasteiger partial charge on any atom is -0.368 e. The molecule has 2 fully saturated rings. The summed E-state index contributed by atoms with van der Waals surface area (Å²) < 4.78 is 0. The zero-order chi connectivity index (χ0) is 13.2. The van der Waals surface area contributed by atoms with Gasteiger partial charge in [0.05, 0.1) is 5.54 Å². The van der Waals surface area contributed by atoms with Crippen molar-refractivity contribution in [3.05, 3.63) is 0 Å². The molecular formula is C14H27N3O. The van der Waals surface area contributed by atoms with Gasteiger partial charge in [0, 0.05) is 12.1 Å². The quantitative estimate of drug-likeness (QED) is 0.718. The lowest BCUT2D eigenvalue weighted by molar-refractivity contribution is -0.124. The Morgan fingerprint density at radius 3 is 2.56 bits per heavy atom. The second-order valence-electron chi connectivity index (χ2n) is 5.84. The topological polar surface area (TPSA) is 58.4 Å². The number of carbonyl (C=O) groups excluding carboxylic acids is 1. The van der Waals surface area contributed by atoms with E-state index in [-0.39, 0.29) is 5.91 Å². The zero-order valence-electron chi connectivity index (χ0n) is 11.7. The van der Waals surface area contributed by atoms with E-state index in [4.69, 9.17) is 5.73 Å². The van der Waals surface area contributed by atoms with Crippen LogP contribution in [0.2, 0.25) is 0 Å². The molecule has 2 unspecified atom stereocenters. The predicted octanol–water partition coefficient (Wildman–Crippen LogP) is 1.25. The molecule has 0 saturated heterocycles. The van der Waals surface area contributed by atoms with Gasteiger partial charge in [0.2, 0.25) is 5.91 Å². The van der Waals surface area contributed by atoms with Crippen LogP contribution in [0.25, 0.3) is 0 Å². The Labute approximate surface area is 110 Å². The van der Waals surface area contributed by atoms with Crippen molar-refractivity contribution in [3.8, 4) is 0 Å². The normalized spacial score (nSPS) is 32.1. The maximum atomic E-state index is 11.8. The van der Waals surface area contributed by atoms with Gasteiger partial charge in [0.15, 0.2) is 0 Å². The smallest absolute Gasteiger partial charge is 0.237 e. The van der Waals surface area contributed by atoms with Crippen LogP contribution < -0.4 is 11.1 Å². The molecule has 0 heterocycles. The first kappa shape index (κ1) is 13.8. The van der Waals surface area contributed by atoms with Crippen molar-refractivity contribution in [2.45, 2.75) is 70.0 Å². The standard InChI is InChI=1S/C14H27N3O/c1-3-9-17(11-5-6-11)12-7-8-14(10-12,13(15)18)16-4-2/h11-12,16H,3-10H2,1-2H3,(H2,15,18). The molecule has 4 heteroatoms. The zero-order valence-corrected chi connectivity index (χ0v) is 11.7. The van der Waals surface area contributed by atoms with Crippen LogP contribution in [-0.4, -0.2) is 41.5 Å². The summed E-state index contributed by atoms with van der Waals surface area (Å²) in [5.41, 5.74) is 5.18. The molecule has 104 valence electrons. The van der Waals surface area contributed by atoms with Crippen molar-refractivity contribution in [1.29, 1.82) is 0 Å². The van der Waals surface area contributed by atoms with E-state index < -0.39 is 5.54 Å². The Hall–Kier alpha value is -0.610. The van der Waals surface area contributed by atoms with Crippen molar-refractivity contribution in [3.63, 3.8) is 0 Å². The van der Waals surface area contributed by atoms with Crippen molar-refractivity contribution < 1.29 is 4.79 Å². The molecule has 18 heavy (non-hydrogen) atoms. The van der Waals surface area contributed by atoms with Gasteiger partial charge in [-0.1, -0.05) is 13.8 Å². The number of hydrogen-bond acceptors (Lipinski definition) is 3. The molecule has 2 aliphatic carbocycles. The summed E-state index contributed by atoms with van der Waals surface area (Å²) in [7, 11) is 0. The molecule has 0 radical (unpaired) electrons. The molecule has 0 aromatic rings. The van der Waals surface area contributed by atoms with Crippen molar-refractivity contribution in [2.75, 3.05) is 13.1 Å². The molecule has 2 saturated carbocycles. The Bertz CT molecular complexity index is 303.